The van der Waals surface area contributed by atoms with E-state index in [2.05, 4.69) is 169 Å². The largest absolute Gasteiger partial charge is 0.455 e. The van der Waals surface area contributed by atoms with Gasteiger partial charge in [0, 0.05) is 33.1 Å². The fourth-order valence-electron chi connectivity index (χ4n) is 6.01. The lowest BCUT2D eigenvalue weighted by atomic mass is 9.96. The van der Waals surface area contributed by atoms with Crippen molar-refractivity contribution in [3.63, 3.8) is 0 Å². The van der Waals surface area contributed by atoms with Gasteiger partial charge in [-0.05, 0) is 64.5 Å². The monoisotopic (exact) mass is 537 g/mol. The van der Waals surface area contributed by atoms with Gasteiger partial charge in [-0.2, -0.15) is 0 Å². The molecule has 42 heavy (non-hydrogen) atoms. The van der Waals surface area contributed by atoms with Gasteiger partial charge in [0.1, 0.15) is 11.2 Å². The highest BCUT2D eigenvalue weighted by molar-refractivity contribution is 6.16. The molecule has 0 saturated heterocycles. The Balaban J connectivity index is 1.41. The number of anilines is 3. The first-order chi connectivity index (χ1) is 20.8. The normalized spacial score (nSPS) is 11.3. The SMILES string of the molecule is c1ccc(-c2ccc(-c3cc4oc5c6ccccc6ccc5c4cc3N(c3ccccc3)c3ccccc3)cc2)cc1. The second-order valence-corrected chi connectivity index (χ2v) is 10.6. The minimum Gasteiger partial charge on any atom is -0.455 e. The van der Waals surface area contributed by atoms with Crippen molar-refractivity contribution >= 4 is 49.8 Å². The third-order valence-corrected chi connectivity index (χ3v) is 8.05. The number of benzene rings is 7. The molecule has 0 atom stereocenters. The van der Waals surface area contributed by atoms with Gasteiger partial charge < -0.3 is 9.32 Å². The molecular formula is C40H27NO. The Morgan fingerprint density at radius 2 is 0.976 bits per heavy atom. The molecule has 0 spiro atoms. The third-order valence-electron chi connectivity index (χ3n) is 8.05. The van der Waals surface area contributed by atoms with Crippen LogP contribution in [0.5, 0.6) is 0 Å². The van der Waals surface area contributed by atoms with Gasteiger partial charge in [0.2, 0.25) is 0 Å². The summed E-state index contributed by atoms with van der Waals surface area (Å²) in [5.41, 5.74) is 9.76. The minimum absolute atomic E-state index is 0.883. The van der Waals surface area contributed by atoms with Crippen LogP contribution in [0.4, 0.5) is 17.1 Å². The molecule has 1 heterocycles. The first-order valence-electron chi connectivity index (χ1n) is 14.3. The number of hydrogen-bond acceptors (Lipinski definition) is 2. The molecule has 2 heteroatoms. The van der Waals surface area contributed by atoms with Crippen LogP contribution in [0.25, 0.3) is 55.0 Å². The predicted octanol–water partition coefficient (Wildman–Crippen LogP) is 11.5. The summed E-state index contributed by atoms with van der Waals surface area (Å²) in [6.07, 6.45) is 0. The van der Waals surface area contributed by atoms with Crippen molar-refractivity contribution in [2.75, 3.05) is 4.90 Å². The molecule has 8 rings (SSSR count). The summed E-state index contributed by atoms with van der Waals surface area (Å²) < 4.78 is 6.65. The Morgan fingerprint density at radius 3 is 1.67 bits per heavy atom. The third kappa shape index (κ3) is 4.13. The van der Waals surface area contributed by atoms with Gasteiger partial charge in [-0.15, -0.1) is 0 Å². The van der Waals surface area contributed by atoms with Crippen molar-refractivity contribution in [3.8, 4) is 22.3 Å². The van der Waals surface area contributed by atoms with E-state index >= 15 is 0 Å². The minimum atomic E-state index is 0.883. The Labute approximate surface area is 244 Å². The summed E-state index contributed by atoms with van der Waals surface area (Å²) in [5, 5.41) is 4.53. The van der Waals surface area contributed by atoms with E-state index in [1.807, 2.05) is 0 Å². The highest BCUT2D eigenvalue weighted by Crippen LogP contribution is 2.45. The highest BCUT2D eigenvalue weighted by atomic mass is 16.3. The molecule has 0 fully saturated rings. The van der Waals surface area contributed by atoms with Crippen LogP contribution in [0, 0.1) is 0 Å². The molecule has 0 aliphatic rings. The van der Waals surface area contributed by atoms with E-state index in [4.69, 9.17) is 4.42 Å². The van der Waals surface area contributed by atoms with Gasteiger partial charge in [-0.1, -0.05) is 121 Å². The van der Waals surface area contributed by atoms with Crippen LogP contribution in [0.15, 0.2) is 168 Å². The Morgan fingerprint density at radius 1 is 0.405 bits per heavy atom. The zero-order valence-corrected chi connectivity index (χ0v) is 22.9. The van der Waals surface area contributed by atoms with Gasteiger partial charge in [0.15, 0.2) is 0 Å². The Bertz CT molecular complexity index is 2120. The van der Waals surface area contributed by atoms with Gasteiger partial charge in [0.25, 0.3) is 0 Å². The fraction of sp³-hybridized carbons (Fsp3) is 0. The summed E-state index contributed by atoms with van der Waals surface area (Å²) in [5.74, 6) is 0. The average Bonchev–Trinajstić information content (AvgIpc) is 3.44. The van der Waals surface area contributed by atoms with Crippen molar-refractivity contribution in [3.05, 3.63) is 164 Å². The zero-order valence-electron chi connectivity index (χ0n) is 22.9. The summed E-state index contributed by atoms with van der Waals surface area (Å²) in [6, 6.07) is 57.9. The lowest BCUT2D eigenvalue weighted by Crippen LogP contribution is -2.11. The standard InChI is InChI=1S/C40H27NO/c1-4-12-28(13-5-1)29-20-22-31(23-21-29)36-27-39-37(35-25-24-30-14-10-11-19-34(30)40(35)42-39)26-38(36)41(32-15-6-2-7-16-32)33-17-8-3-9-18-33/h1-27H. The maximum Gasteiger partial charge on any atom is 0.143 e. The lowest BCUT2D eigenvalue weighted by Gasteiger charge is -2.28. The van der Waals surface area contributed by atoms with Crippen molar-refractivity contribution < 1.29 is 4.42 Å². The first-order valence-corrected chi connectivity index (χ1v) is 14.3. The molecule has 0 aliphatic heterocycles. The second kappa shape index (κ2) is 10.1. The van der Waals surface area contributed by atoms with Gasteiger partial charge in [-0.3, -0.25) is 0 Å². The average molecular weight is 538 g/mol. The molecule has 0 radical (unpaired) electrons. The first kappa shape index (κ1) is 24.2. The number of nitrogens with zero attached hydrogens (tertiary/aromatic N) is 1. The molecule has 0 amide bonds. The maximum atomic E-state index is 6.65. The summed E-state index contributed by atoms with van der Waals surface area (Å²) in [6.45, 7) is 0. The lowest BCUT2D eigenvalue weighted by molar-refractivity contribution is 0.673. The van der Waals surface area contributed by atoms with Crippen molar-refractivity contribution in [2.24, 2.45) is 0 Å². The van der Waals surface area contributed by atoms with E-state index in [1.54, 1.807) is 0 Å². The number of fused-ring (bicyclic) bond motifs is 5. The van der Waals surface area contributed by atoms with Crippen LogP contribution in [0.3, 0.4) is 0 Å². The molecule has 0 saturated carbocycles. The zero-order chi connectivity index (χ0) is 27.9. The predicted molar refractivity (Wildman–Crippen MR) is 177 cm³/mol. The molecule has 8 aromatic rings. The summed E-state index contributed by atoms with van der Waals surface area (Å²) >= 11 is 0. The van der Waals surface area contributed by atoms with Crippen LogP contribution >= 0.6 is 0 Å². The summed E-state index contributed by atoms with van der Waals surface area (Å²) in [4.78, 5) is 2.35. The van der Waals surface area contributed by atoms with E-state index < -0.39 is 0 Å². The van der Waals surface area contributed by atoms with Gasteiger partial charge in [-0.25, -0.2) is 0 Å². The Kier molecular flexibility index (Phi) is 5.82. The molecular weight excluding hydrogens is 510 g/mol. The van der Waals surface area contributed by atoms with Crippen molar-refractivity contribution in [1.82, 2.24) is 0 Å². The van der Waals surface area contributed by atoms with Crippen LogP contribution in [-0.2, 0) is 0 Å². The van der Waals surface area contributed by atoms with Gasteiger partial charge in [0.05, 0.1) is 5.69 Å². The van der Waals surface area contributed by atoms with E-state index in [0.29, 0.717) is 0 Å². The molecule has 0 unspecified atom stereocenters. The maximum absolute atomic E-state index is 6.65. The van der Waals surface area contributed by atoms with Crippen LogP contribution in [0.1, 0.15) is 0 Å². The molecule has 0 bridgehead atoms. The Hall–Kier alpha value is -5.60. The van der Waals surface area contributed by atoms with Crippen LogP contribution < -0.4 is 4.90 Å². The quantitative estimate of drug-likeness (QED) is 0.217. The number of hydrogen-bond donors (Lipinski definition) is 0. The molecule has 198 valence electrons. The van der Waals surface area contributed by atoms with Crippen molar-refractivity contribution in [1.29, 1.82) is 0 Å². The van der Waals surface area contributed by atoms with E-state index in [0.717, 1.165) is 55.5 Å². The molecule has 2 nitrogen and oxygen atoms in total. The van der Waals surface area contributed by atoms with Crippen LogP contribution in [0.2, 0.25) is 0 Å². The number of para-hydroxylation sites is 2. The number of rotatable bonds is 5. The molecule has 0 N–H and O–H groups in total. The van der Waals surface area contributed by atoms with E-state index in [-0.39, 0.29) is 0 Å². The van der Waals surface area contributed by atoms with Crippen LogP contribution in [-0.4, -0.2) is 0 Å². The van der Waals surface area contributed by atoms with Crippen molar-refractivity contribution in [2.45, 2.75) is 0 Å². The molecule has 1 aromatic heterocycles. The topological polar surface area (TPSA) is 16.4 Å². The van der Waals surface area contributed by atoms with E-state index in [9.17, 15) is 0 Å². The van der Waals surface area contributed by atoms with E-state index in [1.165, 1.54) is 16.5 Å². The number of furan rings is 1. The van der Waals surface area contributed by atoms with Gasteiger partial charge >= 0.3 is 0 Å². The fourth-order valence-corrected chi connectivity index (χ4v) is 6.01. The second-order valence-electron chi connectivity index (χ2n) is 10.6. The highest BCUT2D eigenvalue weighted by Gasteiger charge is 2.21. The molecule has 0 aliphatic carbocycles. The smallest absolute Gasteiger partial charge is 0.143 e. The molecule has 7 aromatic carbocycles. The summed E-state index contributed by atoms with van der Waals surface area (Å²) in [7, 11) is 0.